The van der Waals surface area contributed by atoms with Gasteiger partial charge in [-0.1, -0.05) is 38.1 Å². The molecule has 156 valence electrons. The molecule has 1 fully saturated rings. The third-order valence-corrected chi connectivity index (χ3v) is 7.57. The van der Waals surface area contributed by atoms with Crippen LogP contribution >= 0.6 is 0 Å². The lowest BCUT2D eigenvalue weighted by Crippen LogP contribution is -2.41. The Morgan fingerprint density at radius 3 is 2.24 bits per heavy atom. The van der Waals surface area contributed by atoms with Gasteiger partial charge >= 0.3 is 0 Å². The average Bonchev–Trinajstić information content (AvgIpc) is 2.71. The van der Waals surface area contributed by atoms with Gasteiger partial charge in [-0.3, -0.25) is 4.79 Å². The topological polar surface area (TPSA) is 66.5 Å². The molecular weight excluding hydrogens is 384 g/mol. The molecule has 29 heavy (non-hydrogen) atoms. The van der Waals surface area contributed by atoms with E-state index in [1.807, 2.05) is 44.2 Å². The van der Waals surface area contributed by atoms with Gasteiger partial charge in [0.2, 0.25) is 15.9 Å². The molecule has 1 N–H and O–H groups in total. The summed E-state index contributed by atoms with van der Waals surface area (Å²) in [6.45, 7) is 8.84. The molecular formula is C23H30N2O3S. The zero-order valence-electron chi connectivity index (χ0n) is 17.6. The molecule has 2 aromatic carbocycles. The van der Waals surface area contributed by atoms with Gasteiger partial charge in [-0.25, -0.2) is 8.42 Å². The molecule has 6 heteroatoms. The normalized spacial score (nSPS) is 16.2. The van der Waals surface area contributed by atoms with E-state index in [4.69, 9.17) is 0 Å². The van der Waals surface area contributed by atoms with Gasteiger partial charge in [0, 0.05) is 24.7 Å². The van der Waals surface area contributed by atoms with Crippen LogP contribution in [0.25, 0.3) is 0 Å². The fraction of sp³-hybridized carbons (Fsp3) is 0.435. The van der Waals surface area contributed by atoms with E-state index in [1.54, 1.807) is 12.1 Å². The zero-order valence-corrected chi connectivity index (χ0v) is 18.4. The molecule has 1 heterocycles. The van der Waals surface area contributed by atoms with Crippen molar-refractivity contribution in [1.29, 1.82) is 0 Å². The van der Waals surface area contributed by atoms with Crippen molar-refractivity contribution in [2.75, 3.05) is 18.4 Å². The maximum atomic E-state index is 12.9. The maximum Gasteiger partial charge on any atom is 0.243 e. The van der Waals surface area contributed by atoms with Gasteiger partial charge in [-0.05, 0) is 67.5 Å². The van der Waals surface area contributed by atoms with Gasteiger partial charge in [-0.15, -0.1) is 0 Å². The molecule has 1 aliphatic rings. The molecule has 0 spiro atoms. The number of nitrogens with zero attached hydrogens (tertiary/aromatic N) is 1. The summed E-state index contributed by atoms with van der Waals surface area (Å²) in [5.74, 6) is 0.153. The van der Waals surface area contributed by atoms with E-state index in [0.29, 0.717) is 36.7 Å². The third kappa shape index (κ3) is 4.87. The first kappa shape index (κ1) is 21.5. The average molecular weight is 415 g/mol. The minimum Gasteiger partial charge on any atom is -0.326 e. The van der Waals surface area contributed by atoms with Crippen LogP contribution in [0.4, 0.5) is 5.69 Å². The van der Waals surface area contributed by atoms with E-state index in [2.05, 4.69) is 19.2 Å². The molecule has 3 rings (SSSR count). The van der Waals surface area contributed by atoms with E-state index in [1.165, 1.54) is 4.31 Å². The fourth-order valence-electron chi connectivity index (χ4n) is 3.64. The molecule has 1 saturated heterocycles. The van der Waals surface area contributed by atoms with Crippen LogP contribution < -0.4 is 5.32 Å². The number of nitrogens with one attached hydrogen (secondary N) is 1. The second-order valence-corrected chi connectivity index (χ2v) is 10.1. The molecule has 2 aromatic rings. The Hall–Kier alpha value is -2.18. The van der Waals surface area contributed by atoms with Gasteiger partial charge in [0.15, 0.2) is 0 Å². The highest BCUT2D eigenvalue weighted by atomic mass is 32.2. The zero-order chi connectivity index (χ0) is 21.2. The summed E-state index contributed by atoms with van der Waals surface area (Å²) in [5.41, 5.74) is 4.06. The van der Waals surface area contributed by atoms with Gasteiger partial charge in [0.1, 0.15) is 0 Å². The monoisotopic (exact) mass is 414 g/mol. The molecule has 0 atom stereocenters. The van der Waals surface area contributed by atoms with E-state index in [-0.39, 0.29) is 11.8 Å². The first-order valence-electron chi connectivity index (χ1n) is 10.2. The lowest BCUT2D eigenvalue weighted by molar-refractivity contribution is -0.120. The van der Waals surface area contributed by atoms with Crippen LogP contribution in [0.2, 0.25) is 0 Å². The van der Waals surface area contributed by atoms with Crippen molar-refractivity contribution < 1.29 is 13.2 Å². The number of benzene rings is 2. The van der Waals surface area contributed by atoms with Crippen LogP contribution in [0.5, 0.6) is 0 Å². The first-order chi connectivity index (χ1) is 13.7. The van der Waals surface area contributed by atoms with Crippen LogP contribution in [-0.4, -0.2) is 31.7 Å². The number of aryl methyl sites for hydroxylation is 2. The smallest absolute Gasteiger partial charge is 0.243 e. The van der Waals surface area contributed by atoms with Crippen LogP contribution in [-0.2, 0) is 14.8 Å². The number of anilines is 1. The summed E-state index contributed by atoms with van der Waals surface area (Å²) in [5, 5.41) is 3.02. The molecule has 5 nitrogen and oxygen atoms in total. The fourth-order valence-corrected chi connectivity index (χ4v) is 5.11. The Kier molecular flexibility index (Phi) is 6.44. The minimum atomic E-state index is -3.52. The third-order valence-electron chi connectivity index (χ3n) is 5.66. The summed E-state index contributed by atoms with van der Waals surface area (Å²) >= 11 is 0. The summed E-state index contributed by atoms with van der Waals surface area (Å²) in [7, 11) is -3.52. The molecule has 0 radical (unpaired) electrons. The van der Waals surface area contributed by atoms with Gasteiger partial charge in [-0.2, -0.15) is 4.31 Å². The van der Waals surface area contributed by atoms with E-state index in [9.17, 15) is 13.2 Å². The number of rotatable bonds is 5. The molecule has 0 bridgehead atoms. The minimum absolute atomic E-state index is 0.0305. The van der Waals surface area contributed by atoms with Crippen molar-refractivity contribution >= 4 is 21.6 Å². The Morgan fingerprint density at radius 1 is 1.03 bits per heavy atom. The highest BCUT2D eigenvalue weighted by molar-refractivity contribution is 7.89. The van der Waals surface area contributed by atoms with Crippen LogP contribution in [0.1, 0.15) is 49.3 Å². The van der Waals surface area contributed by atoms with E-state index >= 15 is 0 Å². The molecule has 0 aliphatic carbocycles. The van der Waals surface area contributed by atoms with Gasteiger partial charge in [0.25, 0.3) is 0 Å². The Balaban J connectivity index is 1.63. The molecule has 0 unspecified atom stereocenters. The second kappa shape index (κ2) is 8.67. The van der Waals surface area contributed by atoms with Crippen LogP contribution in [0, 0.1) is 19.8 Å². The second-order valence-electron chi connectivity index (χ2n) is 8.21. The van der Waals surface area contributed by atoms with Crippen molar-refractivity contribution in [3.63, 3.8) is 0 Å². The number of carbonyl (C=O) groups excluding carboxylic acids is 1. The van der Waals surface area contributed by atoms with Crippen LogP contribution in [0.3, 0.4) is 0 Å². The van der Waals surface area contributed by atoms with Crippen molar-refractivity contribution in [1.82, 2.24) is 4.31 Å². The summed E-state index contributed by atoms with van der Waals surface area (Å²) in [6.07, 6.45) is 1.06. The number of hydrogen-bond acceptors (Lipinski definition) is 3. The lowest BCUT2D eigenvalue weighted by atomic mass is 9.97. The highest BCUT2D eigenvalue weighted by Crippen LogP contribution is 2.26. The largest absolute Gasteiger partial charge is 0.326 e. The number of carbonyl (C=O) groups is 1. The Morgan fingerprint density at radius 2 is 1.66 bits per heavy atom. The predicted octanol–water partition coefficient (Wildman–Crippen LogP) is 4.47. The first-order valence-corrected chi connectivity index (χ1v) is 11.6. The Bertz CT molecular complexity index is 974. The van der Waals surface area contributed by atoms with Crippen molar-refractivity contribution in [2.45, 2.75) is 51.3 Å². The van der Waals surface area contributed by atoms with Crippen LogP contribution in [0.15, 0.2) is 47.4 Å². The number of amides is 1. The van der Waals surface area contributed by atoms with Gasteiger partial charge in [0.05, 0.1) is 4.90 Å². The molecule has 1 aliphatic heterocycles. The number of hydrogen-bond donors (Lipinski definition) is 1. The maximum absolute atomic E-state index is 12.9. The van der Waals surface area contributed by atoms with Crippen molar-refractivity contribution in [3.8, 4) is 0 Å². The summed E-state index contributed by atoms with van der Waals surface area (Å²) in [4.78, 5) is 13.0. The number of sulfonamides is 1. The summed E-state index contributed by atoms with van der Waals surface area (Å²) in [6, 6.07) is 13.1. The standard InChI is InChI=1S/C23H30N2O3S/c1-16(2)19-7-9-21(10-8-19)29(27,28)25-13-11-20(12-14-25)23(26)24-22-15-17(3)5-6-18(22)4/h5-10,15-16,20H,11-14H2,1-4H3,(H,24,26). The molecule has 0 saturated carbocycles. The van der Waals surface area contributed by atoms with E-state index < -0.39 is 10.0 Å². The van der Waals surface area contributed by atoms with E-state index in [0.717, 1.165) is 22.4 Å². The molecule has 1 amide bonds. The predicted molar refractivity (Wildman–Crippen MR) is 117 cm³/mol. The summed E-state index contributed by atoms with van der Waals surface area (Å²) < 4.78 is 27.4. The molecule has 0 aromatic heterocycles. The Labute approximate surface area is 174 Å². The van der Waals surface area contributed by atoms with Gasteiger partial charge < -0.3 is 5.32 Å². The quantitative estimate of drug-likeness (QED) is 0.785. The highest BCUT2D eigenvalue weighted by Gasteiger charge is 2.32. The van der Waals surface area contributed by atoms with Crippen molar-refractivity contribution in [2.24, 2.45) is 5.92 Å². The lowest BCUT2D eigenvalue weighted by Gasteiger charge is -2.30. The number of piperidine rings is 1. The SMILES string of the molecule is Cc1ccc(C)c(NC(=O)C2CCN(S(=O)(=O)c3ccc(C(C)C)cc3)CC2)c1. The van der Waals surface area contributed by atoms with Crippen molar-refractivity contribution in [3.05, 3.63) is 59.2 Å².